The van der Waals surface area contributed by atoms with E-state index in [2.05, 4.69) is 165 Å². The van der Waals surface area contributed by atoms with Gasteiger partial charge in [0.1, 0.15) is 74.1 Å². The number of carbonyl (C=O) groups excluding carboxylic acids is 2. The van der Waals surface area contributed by atoms with Crippen molar-refractivity contribution in [1.29, 1.82) is 0 Å². The summed E-state index contributed by atoms with van der Waals surface area (Å²) in [4.78, 5) is 37.6. The number of amides is 2. The summed E-state index contributed by atoms with van der Waals surface area (Å²) >= 11 is 0. The van der Waals surface area contributed by atoms with Crippen LogP contribution in [0.25, 0.3) is 10.8 Å². The minimum absolute atomic E-state index is 0.130. The van der Waals surface area contributed by atoms with E-state index in [0.717, 1.165) is 127 Å². The molecule has 8 aromatic rings. The number of fused-ring (bicyclic) bond motifs is 4. The molecule has 27 nitrogen and oxygen atoms in total. The molecule has 0 aromatic heterocycles. The van der Waals surface area contributed by atoms with Gasteiger partial charge in [0.2, 0.25) is 0 Å². The number of anilines is 7. The number of hydrogen-bond acceptors (Lipinski definition) is 26. The van der Waals surface area contributed by atoms with E-state index in [9.17, 15) is 9.59 Å². The molecule has 0 bridgehead atoms. The highest BCUT2D eigenvalue weighted by atomic mass is 16.6. The van der Waals surface area contributed by atoms with Gasteiger partial charge in [0.15, 0.2) is 0 Å². The smallest absolute Gasteiger partial charge is 0.261 e. The lowest BCUT2D eigenvalue weighted by Crippen LogP contribution is -2.40. The Morgan fingerprint density at radius 2 is 0.904 bits per heavy atom. The molecule has 2 amide bonds. The van der Waals surface area contributed by atoms with Crippen LogP contribution in [0.15, 0.2) is 152 Å². The summed E-state index contributed by atoms with van der Waals surface area (Å²) in [6.07, 6.45) is 5.24. The fraction of sp³-hybridized carbons (Fsp3) is 0.490. The van der Waals surface area contributed by atoms with Crippen LogP contribution >= 0.6 is 0 Å². The number of nitrogens with one attached hydrogen (secondary N) is 3. The van der Waals surface area contributed by atoms with Gasteiger partial charge in [-0.2, -0.15) is 0 Å². The Hall–Kier alpha value is -10.1. The van der Waals surface area contributed by atoms with Crippen LogP contribution in [0.3, 0.4) is 0 Å². The van der Waals surface area contributed by atoms with Gasteiger partial charge in [-0.15, -0.1) is 6.58 Å². The summed E-state index contributed by atoms with van der Waals surface area (Å²) in [7, 11) is 3.34. The minimum Gasteiger partial charge on any atom is -0.490 e. The molecule has 0 unspecified atom stereocenters. The van der Waals surface area contributed by atoms with E-state index < -0.39 is 0 Å². The maximum absolute atomic E-state index is 13.6. The van der Waals surface area contributed by atoms with Gasteiger partial charge < -0.3 is 117 Å². The Kier molecular flexibility index (Phi) is 40.8. The number of methoxy groups -OCH3 is 2. The fourth-order valence-electron chi connectivity index (χ4n) is 15.3. The summed E-state index contributed by atoms with van der Waals surface area (Å²) in [5.74, 6) is 3.74. The molecule has 8 aromatic carbocycles. The molecule has 5 N–H and O–H groups in total. The van der Waals surface area contributed by atoms with Crippen LogP contribution in [0, 0.1) is 13.8 Å². The molecular formula is C98H133N9O18. The quantitative estimate of drug-likeness (QED) is 0.0162. The lowest BCUT2D eigenvalue weighted by atomic mass is 9.93. The molecule has 125 heavy (non-hydrogen) atoms. The fourth-order valence-corrected chi connectivity index (χ4v) is 15.3. The zero-order valence-electron chi connectivity index (χ0n) is 74.4. The van der Waals surface area contributed by atoms with Crippen molar-refractivity contribution in [1.82, 2.24) is 4.90 Å². The van der Waals surface area contributed by atoms with Crippen molar-refractivity contribution >= 4 is 62.4 Å². The van der Waals surface area contributed by atoms with Crippen LogP contribution < -0.4 is 69.7 Å². The van der Waals surface area contributed by atoms with Crippen molar-refractivity contribution in [3.05, 3.63) is 197 Å². The third kappa shape index (κ3) is 29.7. The molecule has 0 radical (unpaired) electrons. The second kappa shape index (κ2) is 53.4. The average Bonchev–Trinajstić information content (AvgIpc) is 0.739. The third-order valence-electron chi connectivity index (χ3n) is 21.7. The van der Waals surface area contributed by atoms with Crippen molar-refractivity contribution in [2.75, 3.05) is 293 Å². The monoisotopic (exact) mass is 1720 g/mol. The van der Waals surface area contributed by atoms with Crippen LogP contribution in [0.1, 0.15) is 74.4 Å². The molecule has 0 spiro atoms. The maximum Gasteiger partial charge on any atom is 0.261 e. The van der Waals surface area contributed by atoms with E-state index >= 15 is 0 Å². The van der Waals surface area contributed by atoms with Crippen LogP contribution in [0.2, 0.25) is 0 Å². The zero-order chi connectivity index (χ0) is 87.4. The van der Waals surface area contributed by atoms with Gasteiger partial charge in [-0.3, -0.25) is 14.5 Å². The van der Waals surface area contributed by atoms with Crippen molar-refractivity contribution in [3.63, 3.8) is 0 Å². The number of benzene rings is 8. The van der Waals surface area contributed by atoms with Crippen LogP contribution in [0.5, 0.6) is 34.5 Å². The number of rotatable bonds is 36. The van der Waals surface area contributed by atoms with Gasteiger partial charge in [0, 0.05) is 107 Å². The van der Waals surface area contributed by atoms with Crippen molar-refractivity contribution in [2.24, 2.45) is 5.73 Å². The Balaban J connectivity index is 0.858. The first kappa shape index (κ1) is 95.5. The molecular weight excluding hydrogens is 1590 g/mol. The molecule has 3 heterocycles. The second-order valence-electron chi connectivity index (χ2n) is 30.6. The zero-order valence-corrected chi connectivity index (χ0v) is 74.4. The van der Waals surface area contributed by atoms with Gasteiger partial charge >= 0.3 is 0 Å². The van der Waals surface area contributed by atoms with Gasteiger partial charge in [-0.05, 0) is 191 Å². The molecule has 27 heteroatoms. The Morgan fingerprint density at radius 3 is 1.45 bits per heavy atom. The summed E-state index contributed by atoms with van der Waals surface area (Å²) in [5.41, 5.74) is 19.8. The highest BCUT2D eigenvalue weighted by molar-refractivity contribution is 6.26. The normalized spacial score (nSPS) is 15.3. The lowest BCUT2D eigenvalue weighted by Gasteiger charge is -2.29. The van der Waals surface area contributed by atoms with Crippen molar-refractivity contribution < 1.29 is 85.4 Å². The van der Waals surface area contributed by atoms with Gasteiger partial charge in [0.05, 0.1) is 166 Å². The molecule has 0 saturated carbocycles. The number of aryl methyl sites for hydroxylation is 4. The second-order valence-corrected chi connectivity index (χ2v) is 30.6. The van der Waals surface area contributed by atoms with E-state index in [4.69, 9.17) is 81.5 Å². The van der Waals surface area contributed by atoms with E-state index in [1.807, 2.05) is 32.0 Å². The number of nitrogens with zero attached hydrogens (tertiary/aromatic N) is 5. The van der Waals surface area contributed by atoms with Crippen molar-refractivity contribution in [3.8, 4) is 34.5 Å². The van der Waals surface area contributed by atoms with Crippen LogP contribution in [-0.2, 0) is 73.1 Å². The molecule has 3 aliphatic rings. The maximum atomic E-state index is 13.6. The highest BCUT2D eigenvalue weighted by Gasteiger charge is 2.33. The van der Waals surface area contributed by atoms with Gasteiger partial charge in [0.25, 0.3) is 11.8 Å². The molecule has 0 aliphatic carbocycles. The largest absolute Gasteiger partial charge is 0.490 e. The predicted octanol–water partition coefficient (Wildman–Crippen LogP) is 13.2. The Bertz CT molecular complexity index is 4570. The first-order chi connectivity index (χ1) is 61.5. The Morgan fingerprint density at radius 1 is 0.448 bits per heavy atom. The highest BCUT2D eigenvalue weighted by Crippen LogP contribution is 2.39. The summed E-state index contributed by atoms with van der Waals surface area (Å²) < 4.78 is 100. The van der Waals surface area contributed by atoms with E-state index in [-0.39, 0.29) is 18.4 Å². The Labute approximate surface area is 739 Å². The SMILES string of the molecule is C=CCN1C(=O)c2cccc3c(NCCc4ccc(N5CCOc6cc(CCCc7ccc8c(c7)OCCN(c7ccc(CCN)cc7OCCOC)CCOc7cc(C)ccc7NCCOCCOCCN8CCOCCOCC)ccc6NCCOCCOCCN(CCOCCOCC)c6ccc(C)cc6OCC5)c(OCCOC)c4)ccc(c23)C1=O. The number of hydrogen-bond donors (Lipinski definition) is 4. The third-order valence-corrected chi connectivity index (χ3v) is 21.7. The molecule has 0 saturated heterocycles. The lowest BCUT2D eigenvalue weighted by molar-refractivity contribution is 0.0498. The molecule has 0 atom stereocenters. The van der Waals surface area contributed by atoms with E-state index in [1.54, 1.807) is 32.4 Å². The average molecular weight is 1730 g/mol. The first-order valence-corrected chi connectivity index (χ1v) is 44.5. The predicted molar refractivity (Wildman–Crippen MR) is 495 cm³/mol. The van der Waals surface area contributed by atoms with Gasteiger partial charge in [-0.25, -0.2) is 0 Å². The van der Waals surface area contributed by atoms with Crippen molar-refractivity contribution in [2.45, 2.75) is 59.8 Å². The standard InChI is InChI=1S/C98H133N9O18/c1-8-37-107-97(108)81-16-12-15-80-83(26-23-82(96(80)81)98(107)109)100-34-32-79-22-30-89(95(73-79)125-67-57-111-7)106-43-53-121-91-70-76(19-25-85(91)102-36-47-115-63-64-118-50-39-103(38-48-116-60-58-112-9-2)86-27-18-75(5)69-92(86)122-54-44-106)13-11-14-77-20-28-87-93(71-77)123-55-45-105(88-29-21-78(31-33-99)72-94(88)124-66-56-110-6)42-52-120-90-68-74(4)17-24-84(90)101-35-46-114-62-65-119-51-41-104(87)40-49-117-61-59-113-10-3/h8,12,15-30,68-73,100-102H,1,9-11,13-14,31-67,99H2,2-7H3. The summed E-state index contributed by atoms with van der Waals surface area (Å²) in [6, 6.07) is 47.6. The topological polar surface area (TPSA) is 260 Å². The minimum atomic E-state index is -0.332. The molecule has 11 rings (SSSR count). The summed E-state index contributed by atoms with van der Waals surface area (Å²) in [6.45, 7) is 29.1. The first-order valence-electron chi connectivity index (χ1n) is 44.5. The van der Waals surface area contributed by atoms with Crippen LogP contribution in [-0.4, -0.2) is 275 Å². The van der Waals surface area contributed by atoms with Crippen LogP contribution in [0.4, 0.5) is 39.8 Å². The van der Waals surface area contributed by atoms with E-state index in [0.29, 0.717) is 272 Å². The van der Waals surface area contributed by atoms with E-state index in [1.165, 1.54) is 4.90 Å². The number of ether oxygens (including phenoxy) is 16. The molecule has 678 valence electrons. The number of imide groups is 1. The molecule has 3 aliphatic heterocycles. The molecule has 0 fully saturated rings. The number of carbonyl (C=O) groups is 2. The summed E-state index contributed by atoms with van der Waals surface area (Å²) in [5, 5.41) is 12.3. The van der Waals surface area contributed by atoms with Gasteiger partial charge in [-0.1, -0.05) is 54.6 Å². The number of nitrogens with two attached hydrogens (primary N) is 1.